The van der Waals surface area contributed by atoms with E-state index in [1.54, 1.807) is 13.8 Å². The van der Waals surface area contributed by atoms with Crippen molar-refractivity contribution >= 4 is 132 Å². The molecule has 3 aliphatic rings. The maximum absolute atomic E-state index is 14.5. The highest BCUT2D eigenvalue weighted by molar-refractivity contribution is 8.77. The minimum Gasteiger partial charge on any atom is -0.481 e. The van der Waals surface area contributed by atoms with Gasteiger partial charge in [0.05, 0.1) is 32.5 Å². The molecule has 3 saturated heterocycles. The number of guanidine groups is 1. The third-order valence-corrected chi connectivity index (χ3v) is 17.2. The van der Waals surface area contributed by atoms with E-state index in [2.05, 4.69) is 58.2 Å². The van der Waals surface area contributed by atoms with Crippen LogP contribution in [0.5, 0.6) is 0 Å². The molecule has 11 atom stereocenters. The monoisotopic (exact) mass is 1220 g/mol. The molecule has 0 aromatic rings. The summed E-state index contributed by atoms with van der Waals surface area (Å²) in [6, 6.07) is -16.4. The van der Waals surface area contributed by atoms with Gasteiger partial charge in [-0.15, -0.1) is 0 Å². The van der Waals surface area contributed by atoms with Crippen molar-refractivity contribution in [3.8, 4) is 0 Å². The second kappa shape index (κ2) is 34.5. The van der Waals surface area contributed by atoms with E-state index in [-0.39, 0.29) is 62.7 Å². The first-order chi connectivity index (χ1) is 38.3. The number of nitrogens with one attached hydrogen (secondary N) is 10. The van der Waals surface area contributed by atoms with Crippen molar-refractivity contribution in [2.75, 3.05) is 55.8 Å². The predicted octanol–water partition coefficient (Wildman–Crippen LogP) is -8.87. The lowest BCUT2D eigenvalue weighted by atomic mass is 9.97. The van der Waals surface area contributed by atoms with Crippen LogP contribution in [0.15, 0.2) is 4.99 Å². The number of carbonyl (C=O) groups is 14. The topological polar surface area (TPSA) is 545 Å². The number of aliphatic imine (C=N–C) groups is 1. The van der Waals surface area contributed by atoms with Gasteiger partial charge in [0.1, 0.15) is 60.4 Å². The number of primary amides is 2. The Kier molecular flexibility index (Phi) is 29.1. The fraction of sp³-hybridized carbons (Fsp3) is 0.659. The summed E-state index contributed by atoms with van der Waals surface area (Å²) in [7, 11) is 3.35. The number of nitrogens with two attached hydrogens (primary N) is 5. The van der Waals surface area contributed by atoms with Gasteiger partial charge in [-0.2, -0.15) is 0 Å². The first-order valence-electron chi connectivity index (χ1n) is 25.2. The zero-order valence-electron chi connectivity index (χ0n) is 44.2. The molecule has 0 unspecified atom stereocenters. The van der Waals surface area contributed by atoms with Gasteiger partial charge >= 0.3 is 5.97 Å². The Hall–Kier alpha value is -6.83. The summed E-state index contributed by atoms with van der Waals surface area (Å²) >= 11 is 0. The summed E-state index contributed by atoms with van der Waals surface area (Å²) in [6.07, 6.45) is -1.74. The molecule has 0 aromatic heterocycles. The molecule has 3 heterocycles. The molecule has 0 aromatic carbocycles. The van der Waals surface area contributed by atoms with E-state index in [9.17, 15) is 77.3 Å². The number of amides is 13. The number of aliphatic hydroxyl groups is 1. The van der Waals surface area contributed by atoms with E-state index in [0.717, 1.165) is 48.1 Å². The van der Waals surface area contributed by atoms with E-state index < -0.39 is 193 Å². The normalized spacial score (nSPS) is 27.3. The number of carboxylic acid groups (broad SMARTS) is 1. The molecule has 33 nitrogen and oxygen atoms in total. The van der Waals surface area contributed by atoms with Gasteiger partial charge in [0.15, 0.2) is 5.96 Å². The molecule has 3 fully saturated rings. The SMILES string of the molecule is CC[C@H](C)[C@@H]1NC(=O)[C@H](CC(N)=O)NC(=O)[C@@H]2CSSC[C@H](NC(=O)CN)C(=O)N[C@@H](CSSC[C@@H](C(N)=O)NC(=O)CNC1=O)C(=O)N[C@@H](CO)C(=O)N[C@@H](CC(=O)O)C(=O)N1CCC[C@H]1C(=O)N[C@@H](CCCN=C(N)N)C(=O)N2. The Bertz CT molecular complexity index is 2370. The van der Waals surface area contributed by atoms with E-state index in [0.29, 0.717) is 0 Å². The highest BCUT2D eigenvalue weighted by Crippen LogP contribution is 2.26. The Morgan fingerprint density at radius 2 is 1.26 bits per heavy atom. The lowest BCUT2D eigenvalue weighted by Gasteiger charge is -2.30. The molecule has 13 amide bonds. The van der Waals surface area contributed by atoms with Crippen LogP contribution in [0.3, 0.4) is 0 Å². The van der Waals surface area contributed by atoms with Gasteiger partial charge in [-0.3, -0.25) is 72.1 Å². The largest absolute Gasteiger partial charge is 0.481 e. The zero-order chi connectivity index (χ0) is 60.5. The number of hydrogen-bond acceptors (Lipinski definition) is 21. The lowest BCUT2D eigenvalue weighted by Crippen LogP contribution is -2.61. The van der Waals surface area contributed by atoms with Gasteiger partial charge < -0.3 is 96.9 Å². The summed E-state index contributed by atoms with van der Waals surface area (Å²) in [5.41, 5.74) is 27.7. The lowest BCUT2D eigenvalue weighted by molar-refractivity contribution is -0.146. The van der Waals surface area contributed by atoms with Crippen molar-refractivity contribution in [2.45, 2.75) is 119 Å². The Balaban J connectivity index is 2.32. The molecule has 22 N–H and O–H groups in total. The standard InChI is InChI=1S/C44H71N17O16S4/c1-3-19(2)33-42(76)51-13-31(65)52-24(34(47)68)15-78-80-18-27-40(74)57-23(14-62)37(71)56-22(11-32(66)67)43(77)61-9-5-7-28(61)41(75)54-20(6-4-8-50-44(48)49)35(69)58-26(39(73)55-21(10-29(46)63)36(70)60-33)17-81-79-16-25(38(72)59-27)53-30(64)12-45/h19-28,33,62H,3-18,45H2,1-2H3,(H2,46,63)(H2,47,68)(H,51,76)(H,52,65)(H,53,64)(H,54,75)(H,55,73)(H,56,71)(H,57,74)(H,58,69)(H,59,72)(H,60,70)(H,66,67)(H4,48,49,50)/t19-,20-,21-,22-,23-,24-,25-,26-,27-,28-,33-/m0/s1. The maximum Gasteiger partial charge on any atom is 0.305 e. The van der Waals surface area contributed by atoms with E-state index in [1.807, 2.05) is 0 Å². The van der Waals surface area contributed by atoms with Crippen LogP contribution in [-0.2, 0) is 67.1 Å². The van der Waals surface area contributed by atoms with Gasteiger partial charge in [-0.05, 0) is 31.6 Å². The summed E-state index contributed by atoms with van der Waals surface area (Å²) in [6.45, 7) is 0.472. The fourth-order valence-corrected chi connectivity index (χ4v) is 12.5. The molecule has 0 spiro atoms. The average molecular weight is 1220 g/mol. The number of aliphatic carboxylic acids is 1. The van der Waals surface area contributed by atoms with Gasteiger partial charge in [-0.25, -0.2) is 0 Å². The van der Waals surface area contributed by atoms with Crippen molar-refractivity contribution in [2.24, 2.45) is 39.6 Å². The average Bonchev–Trinajstić information content (AvgIpc) is 3.94. The number of rotatable bonds is 14. The smallest absolute Gasteiger partial charge is 0.305 e. The van der Waals surface area contributed by atoms with Crippen LogP contribution in [0.4, 0.5) is 0 Å². The number of hydrogen-bond donors (Lipinski definition) is 17. The first-order valence-corrected chi connectivity index (χ1v) is 30.2. The first kappa shape index (κ1) is 68.4. The number of aliphatic hydroxyl groups excluding tert-OH is 1. The predicted molar refractivity (Wildman–Crippen MR) is 296 cm³/mol. The number of nitrogens with zero attached hydrogens (tertiary/aromatic N) is 2. The highest BCUT2D eigenvalue weighted by atomic mass is 33.1. The minimum absolute atomic E-state index is 0.0149. The van der Waals surface area contributed by atoms with Crippen LogP contribution in [0.2, 0.25) is 0 Å². The van der Waals surface area contributed by atoms with Crippen LogP contribution >= 0.6 is 43.2 Å². The van der Waals surface area contributed by atoms with Gasteiger partial charge in [0.2, 0.25) is 76.8 Å². The highest BCUT2D eigenvalue weighted by Gasteiger charge is 2.42. The molecule has 37 heteroatoms. The molecular formula is C44H71N17O16S4. The van der Waals surface area contributed by atoms with Crippen molar-refractivity contribution < 1.29 is 77.3 Å². The number of carboxylic acids is 1. The van der Waals surface area contributed by atoms with E-state index in [4.69, 9.17) is 28.7 Å². The molecule has 0 radical (unpaired) electrons. The van der Waals surface area contributed by atoms with Crippen LogP contribution in [0.1, 0.15) is 58.8 Å². The summed E-state index contributed by atoms with van der Waals surface area (Å²) < 4.78 is 0. The second-order valence-corrected chi connectivity index (χ2v) is 23.6. The molecule has 0 saturated carbocycles. The summed E-state index contributed by atoms with van der Waals surface area (Å²) in [5.74, 6) is -17.7. The van der Waals surface area contributed by atoms with Crippen molar-refractivity contribution in [1.82, 2.24) is 58.1 Å². The van der Waals surface area contributed by atoms with Crippen molar-refractivity contribution in [3.05, 3.63) is 0 Å². The van der Waals surface area contributed by atoms with E-state index in [1.165, 1.54) is 0 Å². The summed E-state index contributed by atoms with van der Waals surface area (Å²) in [5, 5.41) is 44.3. The molecular weight excluding hydrogens is 1150 g/mol. The van der Waals surface area contributed by atoms with Crippen molar-refractivity contribution in [3.63, 3.8) is 0 Å². The third-order valence-electron chi connectivity index (χ3n) is 12.4. The minimum atomic E-state index is -1.93. The van der Waals surface area contributed by atoms with Crippen molar-refractivity contribution in [1.29, 1.82) is 0 Å². The number of fused-ring (bicyclic) bond motifs is 9. The maximum atomic E-state index is 14.5. The Morgan fingerprint density at radius 3 is 1.84 bits per heavy atom. The van der Waals surface area contributed by atoms with Crippen LogP contribution < -0.4 is 81.8 Å². The van der Waals surface area contributed by atoms with Crippen LogP contribution in [-0.4, -0.2) is 220 Å². The van der Waals surface area contributed by atoms with Crippen LogP contribution in [0.25, 0.3) is 0 Å². The van der Waals surface area contributed by atoms with Gasteiger partial charge in [0, 0.05) is 36.1 Å². The van der Waals surface area contributed by atoms with Gasteiger partial charge in [0.25, 0.3) is 0 Å². The fourth-order valence-electron chi connectivity index (χ4n) is 7.82. The third kappa shape index (κ3) is 22.9. The Labute approximate surface area is 479 Å². The van der Waals surface area contributed by atoms with Gasteiger partial charge in [-0.1, -0.05) is 63.4 Å². The number of carbonyl (C=O) groups excluding carboxylic acids is 13. The molecule has 2 bridgehead atoms. The molecule has 81 heavy (non-hydrogen) atoms. The zero-order valence-corrected chi connectivity index (χ0v) is 47.5. The molecule has 452 valence electrons. The quantitative estimate of drug-likeness (QED) is 0.0332. The van der Waals surface area contributed by atoms with Crippen LogP contribution in [0, 0.1) is 5.92 Å². The second-order valence-electron chi connectivity index (χ2n) is 18.5. The Morgan fingerprint density at radius 1 is 0.691 bits per heavy atom. The molecule has 0 aliphatic carbocycles. The molecule has 3 rings (SSSR count). The molecule has 3 aliphatic heterocycles. The van der Waals surface area contributed by atoms with E-state index >= 15 is 0 Å². The summed E-state index contributed by atoms with van der Waals surface area (Å²) in [4.78, 5) is 195.